The molecular formula is C9H8BrFO3. The highest BCUT2D eigenvalue weighted by molar-refractivity contribution is 9.10. The van der Waals surface area contributed by atoms with Gasteiger partial charge in [0.05, 0.1) is 0 Å². The molecule has 14 heavy (non-hydrogen) atoms. The molecule has 1 unspecified atom stereocenters. The smallest absolute Gasteiger partial charge is 0.337 e. The van der Waals surface area contributed by atoms with E-state index in [9.17, 15) is 9.18 Å². The molecule has 3 nitrogen and oxygen atoms in total. The molecule has 1 aromatic carbocycles. The highest BCUT2D eigenvalue weighted by atomic mass is 79.9. The van der Waals surface area contributed by atoms with Crippen LogP contribution in [0.3, 0.4) is 0 Å². The Labute approximate surface area is 88.3 Å². The van der Waals surface area contributed by atoms with Crippen molar-refractivity contribution in [2.45, 2.75) is 13.0 Å². The highest BCUT2D eigenvalue weighted by Gasteiger charge is 2.21. The van der Waals surface area contributed by atoms with Crippen LogP contribution in [0.2, 0.25) is 0 Å². The van der Waals surface area contributed by atoms with Crippen LogP contribution in [0, 0.1) is 12.7 Å². The van der Waals surface area contributed by atoms with Gasteiger partial charge in [0.25, 0.3) is 0 Å². The van der Waals surface area contributed by atoms with Crippen molar-refractivity contribution in [1.29, 1.82) is 0 Å². The third-order valence-corrected chi connectivity index (χ3v) is 2.74. The maximum Gasteiger partial charge on any atom is 0.337 e. The Balaban J connectivity index is 3.24. The van der Waals surface area contributed by atoms with Crippen molar-refractivity contribution in [3.8, 4) is 0 Å². The van der Waals surface area contributed by atoms with Crippen molar-refractivity contribution >= 4 is 21.9 Å². The maximum atomic E-state index is 13.4. The Morgan fingerprint density at radius 1 is 1.57 bits per heavy atom. The summed E-state index contributed by atoms with van der Waals surface area (Å²) in [6.45, 7) is 1.50. The number of aliphatic carboxylic acids is 1. The van der Waals surface area contributed by atoms with Crippen LogP contribution in [0.1, 0.15) is 17.2 Å². The van der Waals surface area contributed by atoms with Crippen molar-refractivity contribution in [3.05, 3.63) is 33.5 Å². The van der Waals surface area contributed by atoms with Crippen molar-refractivity contribution in [2.24, 2.45) is 0 Å². The highest BCUT2D eigenvalue weighted by Crippen LogP contribution is 2.25. The summed E-state index contributed by atoms with van der Waals surface area (Å²) in [6.07, 6.45) is -1.82. The largest absolute Gasteiger partial charge is 0.479 e. The van der Waals surface area contributed by atoms with Gasteiger partial charge in [-0.3, -0.25) is 0 Å². The second-order valence-corrected chi connectivity index (χ2v) is 3.67. The molecule has 1 aromatic rings. The molecule has 0 aliphatic rings. The van der Waals surface area contributed by atoms with E-state index in [2.05, 4.69) is 15.9 Å². The molecule has 2 N–H and O–H groups in total. The number of carboxylic acids is 1. The minimum absolute atomic E-state index is 0.224. The van der Waals surface area contributed by atoms with Crippen LogP contribution in [0.15, 0.2) is 16.6 Å². The normalized spacial score (nSPS) is 12.6. The van der Waals surface area contributed by atoms with Gasteiger partial charge in [0, 0.05) is 10.0 Å². The number of rotatable bonds is 2. The number of carboxylic acid groups (broad SMARTS) is 1. The molecule has 0 aromatic heterocycles. The Morgan fingerprint density at radius 3 is 2.64 bits per heavy atom. The van der Waals surface area contributed by atoms with Crippen molar-refractivity contribution in [2.75, 3.05) is 0 Å². The lowest BCUT2D eigenvalue weighted by molar-refractivity contribution is -0.147. The van der Waals surface area contributed by atoms with E-state index in [1.807, 2.05) is 0 Å². The zero-order valence-electron chi connectivity index (χ0n) is 7.29. The summed E-state index contributed by atoms with van der Waals surface area (Å²) in [7, 11) is 0. The van der Waals surface area contributed by atoms with Gasteiger partial charge in [-0.15, -0.1) is 0 Å². The van der Waals surface area contributed by atoms with Gasteiger partial charge in [-0.05, 0) is 18.6 Å². The lowest BCUT2D eigenvalue weighted by atomic mass is 10.1. The number of carbonyl (C=O) groups is 1. The first-order chi connectivity index (χ1) is 6.45. The minimum atomic E-state index is -1.82. The van der Waals surface area contributed by atoms with Gasteiger partial charge in [0.15, 0.2) is 6.10 Å². The van der Waals surface area contributed by atoms with Gasteiger partial charge < -0.3 is 10.2 Å². The minimum Gasteiger partial charge on any atom is -0.479 e. The Bertz CT molecular complexity index is 379. The summed E-state index contributed by atoms with van der Waals surface area (Å²) in [5, 5.41) is 17.6. The number of hydrogen-bond acceptors (Lipinski definition) is 2. The van der Waals surface area contributed by atoms with Crippen LogP contribution in [0.25, 0.3) is 0 Å². The molecule has 1 rings (SSSR count). The standard InChI is InChI=1S/C9H8BrFO3/c1-4-6(10)3-2-5(7(4)11)8(12)9(13)14/h2-3,8,12H,1H3,(H,13,14). The lowest BCUT2D eigenvalue weighted by Crippen LogP contribution is -2.12. The fourth-order valence-electron chi connectivity index (χ4n) is 1.03. The molecule has 0 aliphatic heterocycles. The number of aliphatic hydroxyl groups excluding tert-OH is 1. The number of hydrogen-bond donors (Lipinski definition) is 2. The second-order valence-electron chi connectivity index (χ2n) is 2.82. The van der Waals surface area contributed by atoms with Crippen LogP contribution in [-0.2, 0) is 4.79 Å². The average molecular weight is 263 g/mol. The molecule has 0 radical (unpaired) electrons. The molecule has 0 fully saturated rings. The van der Waals surface area contributed by atoms with Gasteiger partial charge in [-0.1, -0.05) is 22.0 Å². The van der Waals surface area contributed by atoms with Crippen molar-refractivity contribution in [1.82, 2.24) is 0 Å². The molecule has 0 bridgehead atoms. The Kier molecular flexibility index (Phi) is 3.23. The zero-order valence-corrected chi connectivity index (χ0v) is 8.88. The lowest BCUT2D eigenvalue weighted by Gasteiger charge is -2.09. The predicted molar refractivity (Wildman–Crippen MR) is 51.4 cm³/mol. The topological polar surface area (TPSA) is 57.5 Å². The molecule has 0 saturated carbocycles. The van der Waals surface area contributed by atoms with Gasteiger partial charge in [-0.25, -0.2) is 9.18 Å². The van der Waals surface area contributed by atoms with Crippen LogP contribution < -0.4 is 0 Å². The first-order valence-electron chi connectivity index (χ1n) is 3.80. The molecule has 1 atom stereocenters. The predicted octanol–water partition coefficient (Wildman–Crippen LogP) is 2.01. The zero-order chi connectivity index (χ0) is 10.9. The van der Waals surface area contributed by atoms with E-state index >= 15 is 0 Å². The molecular weight excluding hydrogens is 255 g/mol. The van der Waals surface area contributed by atoms with E-state index in [4.69, 9.17) is 10.2 Å². The van der Waals surface area contributed by atoms with Crippen LogP contribution >= 0.6 is 15.9 Å². The molecule has 76 valence electrons. The molecule has 0 saturated heterocycles. The summed E-state index contributed by atoms with van der Waals surface area (Å²) in [4.78, 5) is 10.4. The summed E-state index contributed by atoms with van der Waals surface area (Å²) < 4.78 is 14.0. The first-order valence-corrected chi connectivity index (χ1v) is 4.59. The van der Waals surface area contributed by atoms with Crippen LogP contribution in [0.4, 0.5) is 4.39 Å². The first kappa shape index (κ1) is 11.1. The molecule has 5 heteroatoms. The Morgan fingerprint density at radius 2 is 2.14 bits per heavy atom. The van der Waals surface area contributed by atoms with Gasteiger partial charge in [0.2, 0.25) is 0 Å². The summed E-state index contributed by atoms with van der Waals surface area (Å²) in [5.41, 5.74) is 0.0565. The van der Waals surface area contributed by atoms with E-state index < -0.39 is 17.9 Å². The van der Waals surface area contributed by atoms with Gasteiger partial charge >= 0.3 is 5.97 Å². The average Bonchev–Trinajstić information content (AvgIpc) is 2.13. The molecule has 0 heterocycles. The maximum absolute atomic E-state index is 13.4. The SMILES string of the molecule is Cc1c(Br)ccc(C(O)C(=O)O)c1F. The van der Waals surface area contributed by atoms with E-state index in [1.54, 1.807) is 0 Å². The van der Waals surface area contributed by atoms with E-state index in [1.165, 1.54) is 19.1 Å². The fraction of sp³-hybridized carbons (Fsp3) is 0.222. The van der Waals surface area contributed by atoms with E-state index in [0.29, 0.717) is 4.47 Å². The van der Waals surface area contributed by atoms with Crippen molar-refractivity contribution in [3.63, 3.8) is 0 Å². The summed E-state index contributed by atoms with van der Waals surface area (Å²) in [6, 6.07) is 2.74. The van der Waals surface area contributed by atoms with Crippen LogP contribution in [-0.4, -0.2) is 16.2 Å². The van der Waals surface area contributed by atoms with Crippen molar-refractivity contribution < 1.29 is 19.4 Å². The molecule has 0 amide bonds. The molecule has 0 spiro atoms. The number of benzene rings is 1. The van der Waals surface area contributed by atoms with E-state index in [-0.39, 0.29) is 11.1 Å². The third-order valence-electron chi connectivity index (χ3n) is 1.88. The van der Waals surface area contributed by atoms with Crippen LogP contribution in [0.5, 0.6) is 0 Å². The summed E-state index contributed by atoms with van der Waals surface area (Å²) >= 11 is 3.10. The Hall–Kier alpha value is -0.940. The monoisotopic (exact) mass is 262 g/mol. The third kappa shape index (κ3) is 1.93. The fourth-order valence-corrected chi connectivity index (χ4v) is 1.33. The summed E-state index contributed by atoms with van der Waals surface area (Å²) in [5.74, 6) is -2.17. The van der Waals surface area contributed by atoms with Gasteiger partial charge in [0.1, 0.15) is 5.82 Å². The molecule has 0 aliphatic carbocycles. The number of halogens is 2. The second kappa shape index (κ2) is 4.06. The van der Waals surface area contributed by atoms with E-state index in [0.717, 1.165) is 0 Å². The van der Waals surface area contributed by atoms with Gasteiger partial charge in [-0.2, -0.15) is 0 Å². The number of aliphatic hydroxyl groups is 1. The quantitative estimate of drug-likeness (QED) is 0.858.